The Labute approximate surface area is 176 Å². The van der Waals surface area contributed by atoms with Crippen molar-refractivity contribution in [1.82, 2.24) is 4.98 Å². The molecule has 0 radical (unpaired) electrons. The molecule has 0 spiro atoms. The summed E-state index contributed by atoms with van der Waals surface area (Å²) in [7, 11) is 2.68. The van der Waals surface area contributed by atoms with Gasteiger partial charge in [0.25, 0.3) is 5.91 Å². The van der Waals surface area contributed by atoms with Gasteiger partial charge in [0.2, 0.25) is 15.8 Å². The molecule has 0 aliphatic heterocycles. The predicted octanol–water partition coefficient (Wildman–Crippen LogP) is 5.19. The van der Waals surface area contributed by atoms with Crippen molar-refractivity contribution < 1.29 is 9.59 Å². The van der Waals surface area contributed by atoms with Crippen molar-refractivity contribution in [2.24, 2.45) is 10.9 Å². The van der Waals surface area contributed by atoms with Crippen molar-refractivity contribution in [1.29, 1.82) is 0 Å². The van der Waals surface area contributed by atoms with Gasteiger partial charge in [-0.25, -0.2) is 0 Å². The number of carbonyl (C=O) groups excluding carboxylic acids is 2. The van der Waals surface area contributed by atoms with E-state index in [2.05, 4.69) is 9.98 Å². The van der Waals surface area contributed by atoms with Crippen LogP contribution in [0.5, 0.6) is 0 Å². The van der Waals surface area contributed by atoms with Gasteiger partial charge in [-0.2, -0.15) is 9.98 Å². The zero-order chi connectivity index (χ0) is 20.1. The van der Waals surface area contributed by atoms with E-state index in [1.165, 1.54) is 27.1 Å². The van der Waals surface area contributed by atoms with E-state index in [-0.39, 0.29) is 17.7 Å². The highest BCUT2D eigenvalue weighted by Crippen LogP contribution is 2.33. The molecule has 0 unspecified atom stereocenters. The highest BCUT2D eigenvalue weighted by molar-refractivity contribution is 7.69. The largest absolute Gasteiger partial charge is 0.279 e. The fourth-order valence-electron chi connectivity index (χ4n) is 3.50. The predicted molar refractivity (Wildman–Crippen MR) is 116 cm³/mol. The molecule has 2 amide bonds. The number of anilines is 2. The van der Waals surface area contributed by atoms with E-state index >= 15 is 0 Å². The van der Waals surface area contributed by atoms with Crippen LogP contribution in [-0.4, -0.2) is 16.8 Å². The Bertz CT molecular complexity index is 1040. The zero-order valence-corrected chi connectivity index (χ0v) is 17.5. The topological polar surface area (TPSA) is 62.6 Å². The first-order chi connectivity index (χ1) is 14.2. The number of benzene rings is 2. The number of amides is 2. The van der Waals surface area contributed by atoms with E-state index in [1.54, 1.807) is 29.2 Å². The quantitative estimate of drug-likeness (QED) is 0.543. The van der Waals surface area contributed by atoms with Gasteiger partial charge in [-0.1, -0.05) is 55.7 Å². The Balaban J connectivity index is 1.66. The fraction of sp³-hybridized carbons (Fsp3) is 0.273. The normalized spacial score (nSPS) is 15.2. The molecule has 148 valence electrons. The van der Waals surface area contributed by atoms with Gasteiger partial charge in [-0.15, -0.1) is 0 Å². The lowest BCUT2D eigenvalue weighted by Crippen LogP contribution is -2.33. The number of rotatable bonds is 4. The van der Waals surface area contributed by atoms with Crippen LogP contribution in [0.4, 0.5) is 10.8 Å². The van der Waals surface area contributed by atoms with Crippen LogP contribution in [0.15, 0.2) is 65.7 Å². The van der Waals surface area contributed by atoms with E-state index in [0.29, 0.717) is 15.5 Å². The molecular weight excluding hydrogens is 402 g/mol. The summed E-state index contributed by atoms with van der Waals surface area (Å²) in [5.41, 5.74) is 1.32. The van der Waals surface area contributed by atoms with Crippen LogP contribution in [0.2, 0.25) is 0 Å². The first kappa shape index (κ1) is 19.7. The summed E-state index contributed by atoms with van der Waals surface area (Å²) < 4.78 is 0. The van der Waals surface area contributed by atoms with Crippen LogP contribution in [0.25, 0.3) is 0 Å². The van der Waals surface area contributed by atoms with Gasteiger partial charge in [-0.3, -0.25) is 14.5 Å². The lowest BCUT2D eigenvalue weighted by Gasteiger charge is -2.27. The smallest absolute Gasteiger partial charge is 0.274 e. The Morgan fingerprint density at radius 3 is 2.24 bits per heavy atom. The molecule has 1 aromatic heterocycles. The molecule has 3 aromatic rings. The summed E-state index contributed by atoms with van der Waals surface area (Å²) in [6.45, 7) is 0. The van der Waals surface area contributed by atoms with Crippen molar-refractivity contribution >= 4 is 43.3 Å². The van der Waals surface area contributed by atoms with Crippen LogP contribution >= 0.6 is 20.7 Å². The minimum atomic E-state index is -0.330. The van der Waals surface area contributed by atoms with Gasteiger partial charge in [0.1, 0.15) is 0 Å². The molecule has 5 nitrogen and oxygen atoms in total. The number of hydrogen-bond donors (Lipinski definition) is 0. The van der Waals surface area contributed by atoms with Crippen molar-refractivity contribution in [3.63, 3.8) is 0 Å². The molecule has 1 saturated carbocycles. The van der Waals surface area contributed by atoms with Gasteiger partial charge in [-0.05, 0) is 57.8 Å². The summed E-state index contributed by atoms with van der Waals surface area (Å²) in [4.78, 5) is 36.5. The molecule has 1 fully saturated rings. The Hall–Kier alpha value is -2.64. The minimum absolute atomic E-state index is 0.0178. The Kier molecular flexibility index (Phi) is 6.27. The molecule has 0 bridgehead atoms. The van der Waals surface area contributed by atoms with Gasteiger partial charge in [0.15, 0.2) is 0 Å². The second-order valence-corrected chi connectivity index (χ2v) is 9.03. The van der Waals surface area contributed by atoms with E-state index < -0.39 is 0 Å². The third-order valence-corrected chi connectivity index (χ3v) is 6.96. The van der Waals surface area contributed by atoms with Gasteiger partial charge in [0, 0.05) is 11.5 Å². The zero-order valence-electron chi connectivity index (χ0n) is 15.9. The highest BCUT2D eigenvalue weighted by Gasteiger charge is 2.29. The van der Waals surface area contributed by atoms with Gasteiger partial charge >= 0.3 is 0 Å². The molecule has 4 rings (SSSR count). The summed E-state index contributed by atoms with van der Waals surface area (Å²) in [5.74, 6) is -0.230. The molecule has 0 saturated heterocycles. The fourth-order valence-corrected chi connectivity index (χ4v) is 5.35. The monoisotopic (exact) mass is 423 g/mol. The van der Waals surface area contributed by atoms with E-state index in [1.807, 2.05) is 36.4 Å². The van der Waals surface area contributed by atoms with Crippen LogP contribution in [0.3, 0.4) is 0 Å². The molecule has 29 heavy (non-hydrogen) atoms. The summed E-state index contributed by atoms with van der Waals surface area (Å²) in [6, 6.07) is 18.5. The van der Waals surface area contributed by atoms with Crippen LogP contribution in [0, 0.1) is 5.92 Å². The maximum Gasteiger partial charge on any atom is 0.279 e. The third kappa shape index (κ3) is 4.68. The van der Waals surface area contributed by atoms with Crippen molar-refractivity contribution in [3.05, 3.63) is 71.0 Å². The second-order valence-electron chi connectivity index (χ2n) is 6.97. The summed E-state index contributed by atoms with van der Waals surface area (Å²) in [6.07, 6.45) is 5.21. The molecule has 1 heterocycles. The first-order valence-corrected chi connectivity index (χ1v) is 11.9. The maximum atomic E-state index is 13.4. The van der Waals surface area contributed by atoms with Crippen molar-refractivity contribution in [3.8, 4) is 0 Å². The summed E-state index contributed by atoms with van der Waals surface area (Å²) in [5, 5.41) is 0.566. The van der Waals surface area contributed by atoms with Crippen molar-refractivity contribution in [2.45, 2.75) is 32.1 Å². The van der Waals surface area contributed by atoms with E-state index in [4.69, 9.17) is 0 Å². The maximum absolute atomic E-state index is 13.4. The number of aromatic nitrogens is 1. The average molecular weight is 424 g/mol. The van der Waals surface area contributed by atoms with Gasteiger partial charge in [0.05, 0.1) is 5.69 Å². The SMILES string of the molecule is O=C(N=c1nc(N(C(=O)C2CCCCC2)c2ccccc2)ss1)c1ccccc1. The standard InChI is InChI=1S/C22H21N3O2S2/c26-19(16-10-4-1-5-11-16)23-21-24-22(29-28-21)25(18-14-8-3-9-15-18)20(27)17-12-6-2-7-13-17/h1,3-5,8-11,14-15,17H,2,6-7,12-13H2. The molecule has 0 atom stereocenters. The molecule has 1 aliphatic carbocycles. The minimum Gasteiger partial charge on any atom is -0.274 e. The molecule has 7 heteroatoms. The lowest BCUT2D eigenvalue weighted by atomic mass is 9.88. The summed E-state index contributed by atoms with van der Waals surface area (Å²) >= 11 is 0. The van der Waals surface area contributed by atoms with Crippen LogP contribution in [0.1, 0.15) is 42.5 Å². The van der Waals surface area contributed by atoms with E-state index in [9.17, 15) is 9.59 Å². The molecular formula is C22H21N3O2S2. The van der Waals surface area contributed by atoms with Crippen molar-refractivity contribution in [2.75, 3.05) is 4.90 Å². The second kappa shape index (κ2) is 9.24. The molecule has 0 N–H and O–H groups in total. The molecule has 1 aliphatic rings. The van der Waals surface area contributed by atoms with Gasteiger partial charge < -0.3 is 0 Å². The van der Waals surface area contributed by atoms with Crippen LogP contribution in [-0.2, 0) is 4.79 Å². The van der Waals surface area contributed by atoms with Crippen LogP contribution < -0.4 is 9.70 Å². The lowest BCUT2D eigenvalue weighted by molar-refractivity contribution is -0.122. The molecule has 2 aromatic carbocycles. The third-order valence-electron chi connectivity index (χ3n) is 4.98. The Morgan fingerprint density at radius 2 is 1.55 bits per heavy atom. The number of para-hydroxylation sites is 1. The first-order valence-electron chi connectivity index (χ1n) is 9.72. The number of hydrogen-bond acceptors (Lipinski definition) is 5. The number of carbonyl (C=O) groups is 2. The highest BCUT2D eigenvalue weighted by atomic mass is 32.9. The Morgan fingerprint density at radius 1 is 0.897 bits per heavy atom. The van der Waals surface area contributed by atoms with E-state index in [0.717, 1.165) is 31.4 Å². The number of nitrogens with zero attached hydrogens (tertiary/aromatic N) is 3. The average Bonchev–Trinajstić information content (AvgIpc) is 3.23.